The first-order valence-corrected chi connectivity index (χ1v) is 10.5. The number of halogens is 1. The summed E-state index contributed by atoms with van der Waals surface area (Å²) in [6.07, 6.45) is 0. The van der Waals surface area contributed by atoms with Gasteiger partial charge in [-0.2, -0.15) is 0 Å². The maximum atomic E-state index is 12.1. The number of anilines is 1. The standard InChI is InChI=1S/C16H17ClN2O4S2/c1-2-25(22,23)9-7-18-15(20)11-5-6-12(17)13(10-11)19-16(21)14-4-3-8-24-14/h3-6,8,10H,2,7,9H2,1H3,(H,18,20)(H,19,21). The topological polar surface area (TPSA) is 92.3 Å². The third-order valence-corrected chi connectivity index (χ3v) is 6.26. The van der Waals surface area contributed by atoms with Crippen LogP contribution in [0, 0.1) is 0 Å². The molecule has 0 atom stereocenters. The van der Waals surface area contributed by atoms with Gasteiger partial charge in [-0.15, -0.1) is 11.3 Å². The lowest BCUT2D eigenvalue weighted by molar-refractivity contribution is 0.0954. The Hall–Kier alpha value is -1.90. The maximum absolute atomic E-state index is 12.1. The minimum Gasteiger partial charge on any atom is -0.351 e. The van der Waals surface area contributed by atoms with E-state index in [0.717, 1.165) is 0 Å². The van der Waals surface area contributed by atoms with E-state index in [2.05, 4.69) is 10.6 Å². The summed E-state index contributed by atoms with van der Waals surface area (Å²) in [4.78, 5) is 24.8. The zero-order valence-electron chi connectivity index (χ0n) is 13.4. The molecule has 25 heavy (non-hydrogen) atoms. The maximum Gasteiger partial charge on any atom is 0.265 e. The number of benzene rings is 1. The van der Waals surface area contributed by atoms with Crippen molar-refractivity contribution in [1.29, 1.82) is 0 Å². The molecule has 0 saturated heterocycles. The van der Waals surface area contributed by atoms with Gasteiger partial charge in [0.15, 0.2) is 9.84 Å². The molecule has 6 nitrogen and oxygen atoms in total. The number of nitrogens with one attached hydrogen (secondary N) is 2. The highest BCUT2D eigenvalue weighted by atomic mass is 35.5. The summed E-state index contributed by atoms with van der Waals surface area (Å²) in [5.74, 6) is -0.842. The van der Waals surface area contributed by atoms with Gasteiger partial charge >= 0.3 is 0 Å². The highest BCUT2D eigenvalue weighted by Crippen LogP contribution is 2.24. The van der Waals surface area contributed by atoms with E-state index in [9.17, 15) is 18.0 Å². The summed E-state index contributed by atoms with van der Waals surface area (Å²) < 4.78 is 22.9. The Kier molecular flexibility index (Phi) is 6.57. The second-order valence-electron chi connectivity index (χ2n) is 5.12. The van der Waals surface area contributed by atoms with Gasteiger partial charge in [0.1, 0.15) is 0 Å². The molecular formula is C16H17ClN2O4S2. The van der Waals surface area contributed by atoms with Crippen LogP contribution in [0.5, 0.6) is 0 Å². The van der Waals surface area contributed by atoms with Crippen LogP contribution in [0.3, 0.4) is 0 Å². The van der Waals surface area contributed by atoms with Crippen LogP contribution in [-0.2, 0) is 9.84 Å². The largest absolute Gasteiger partial charge is 0.351 e. The molecule has 2 aromatic rings. The van der Waals surface area contributed by atoms with E-state index >= 15 is 0 Å². The van der Waals surface area contributed by atoms with Gasteiger partial charge in [0.2, 0.25) is 0 Å². The quantitative estimate of drug-likeness (QED) is 0.747. The average Bonchev–Trinajstić information content (AvgIpc) is 3.11. The van der Waals surface area contributed by atoms with Crippen LogP contribution < -0.4 is 10.6 Å². The predicted octanol–water partition coefficient (Wildman–Crippen LogP) is 2.82. The summed E-state index contributed by atoms with van der Waals surface area (Å²) in [5.41, 5.74) is 0.591. The van der Waals surface area contributed by atoms with E-state index in [1.165, 1.54) is 29.5 Å². The first-order chi connectivity index (χ1) is 11.8. The van der Waals surface area contributed by atoms with Crippen LogP contribution in [0.2, 0.25) is 5.02 Å². The molecule has 0 aliphatic rings. The number of carbonyl (C=O) groups excluding carboxylic acids is 2. The highest BCUT2D eigenvalue weighted by Gasteiger charge is 2.14. The first kappa shape index (κ1) is 19.4. The van der Waals surface area contributed by atoms with Crippen LogP contribution in [-0.4, -0.2) is 38.3 Å². The lowest BCUT2D eigenvalue weighted by atomic mass is 10.2. The van der Waals surface area contributed by atoms with Crippen molar-refractivity contribution in [3.05, 3.63) is 51.2 Å². The number of hydrogen-bond donors (Lipinski definition) is 2. The van der Waals surface area contributed by atoms with E-state index in [0.29, 0.717) is 15.6 Å². The zero-order chi connectivity index (χ0) is 18.4. The van der Waals surface area contributed by atoms with Gasteiger partial charge in [-0.25, -0.2) is 8.42 Å². The fourth-order valence-corrected chi connectivity index (χ4v) is 3.41. The van der Waals surface area contributed by atoms with Crippen LogP contribution in [0.25, 0.3) is 0 Å². The summed E-state index contributed by atoms with van der Waals surface area (Å²) >= 11 is 7.36. The summed E-state index contributed by atoms with van der Waals surface area (Å²) in [7, 11) is -3.14. The second-order valence-corrected chi connectivity index (χ2v) is 8.95. The Balaban J connectivity index is 2.05. The first-order valence-electron chi connectivity index (χ1n) is 7.45. The molecule has 0 radical (unpaired) electrons. The fourth-order valence-electron chi connectivity index (χ4n) is 1.92. The van der Waals surface area contributed by atoms with Crippen molar-refractivity contribution >= 4 is 50.3 Å². The Morgan fingerprint density at radius 3 is 2.60 bits per heavy atom. The van der Waals surface area contributed by atoms with Crippen molar-refractivity contribution in [3.8, 4) is 0 Å². The van der Waals surface area contributed by atoms with Gasteiger partial charge in [-0.1, -0.05) is 24.6 Å². The van der Waals surface area contributed by atoms with Crippen molar-refractivity contribution in [3.63, 3.8) is 0 Å². The molecular weight excluding hydrogens is 384 g/mol. The van der Waals surface area contributed by atoms with Gasteiger partial charge in [0, 0.05) is 17.9 Å². The molecule has 0 spiro atoms. The van der Waals surface area contributed by atoms with E-state index in [1.54, 1.807) is 24.4 Å². The smallest absolute Gasteiger partial charge is 0.265 e. The molecule has 1 heterocycles. The van der Waals surface area contributed by atoms with Crippen molar-refractivity contribution in [2.45, 2.75) is 6.92 Å². The highest BCUT2D eigenvalue weighted by molar-refractivity contribution is 7.91. The van der Waals surface area contributed by atoms with Crippen LogP contribution in [0.1, 0.15) is 27.0 Å². The molecule has 1 aromatic carbocycles. The van der Waals surface area contributed by atoms with Gasteiger partial charge < -0.3 is 10.6 Å². The lowest BCUT2D eigenvalue weighted by Gasteiger charge is -2.10. The Morgan fingerprint density at radius 1 is 1.20 bits per heavy atom. The molecule has 0 unspecified atom stereocenters. The second kappa shape index (κ2) is 8.46. The minimum atomic E-state index is -3.14. The van der Waals surface area contributed by atoms with Crippen LogP contribution in [0.4, 0.5) is 5.69 Å². The van der Waals surface area contributed by atoms with Crippen molar-refractivity contribution in [2.24, 2.45) is 0 Å². The monoisotopic (exact) mass is 400 g/mol. The molecule has 0 fully saturated rings. The lowest BCUT2D eigenvalue weighted by Crippen LogP contribution is -2.29. The number of amides is 2. The van der Waals surface area contributed by atoms with E-state index in [1.807, 2.05) is 0 Å². The van der Waals surface area contributed by atoms with Gasteiger partial charge in [-0.3, -0.25) is 9.59 Å². The molecule has 1 aromatic heterocycles. The van der Waals surface area contributed by atoms with Crippen LogP contribution >= 0.6 is 22.9 Å². The summed E-state index contributed by atoms with van der Waals surface area (Å²) in [6.45, 7) is 1.58. The number of hydrogen-bond acceptors (Lipinski definition) is 5. The molecule has 2 amide bonds. The normalized spacial score (nSPS) is 11.1. The number of rotatable bonds is 7. The summed E-state index contributed by atoms with van der Waals surface area (Å²) in [6, 6.07) is 7.90. The average molecular weight is 401 g/mol. The molecule has 134 valence electrons. The molecule has 0 saturated carbocycles. The number of carbonyl (C=O) groups is 2. The van der Waals surface area contributed by atoms with Crippen molar-refractivity contribution in [1.82, 2.24) is 5.32 Å². The van der Waals surface area contributed by atoms with E-state index in [4.69, 9.17) is 11.6 Å². The SMILES string of the molecule is CCS(=O)(=O)CCNC(=O)c1ccc(Cl)c(NC(=O)c2cccs2)c1. The number of thiophene rings is 1. The zero-order valence-corrected chi connectivity index (χ0v) is 15.8. The molecule has 0 aliphatic heterocycles. The molecule has 0 aliphatic carbocycles. The van der Waals surface area contributed by atoms with Crippen LogP contribution in [0.15, 0.2) is 35.7 Å². The Labute approximate surface area is 155 Å². The fraction of sp³-hybridized carbons (Fsp3) is 0.250. The third-order valence-electron chi connectivity index (χ3n) is 3.36. The van der Waals surface area contributed by atoms with Crippen molar-refractivity contribution in [2.75, 3.05) is 23.4 Å². The predicted molar refractivity (Wildman–Crippen MR) is 100 cm³/mol. The molecule has 2 N–H and O–H groups in total. The van der Waals surface area contributed by atoms with E-state index in [-0.39, 0.29) is 29.5 Å². The van der Waals surface area contributed by atoms with Crippen molar-refractivity contribution < 1.29 is 18.0 Å². The van der Waals surface area contributed by atoms with Gasteiger partial charge in [0.25, 0.3) is 11.8 Å². The summed E-state index contributed by atoms with van der Waals surface area (Å²) in [5, 5.41) is 7.29. The van der Waals surface area contributed by atoms with E-state index < -0.39 is 15.7 Å². The third kappa shape index (κ3) is 5.55. The molecule has 2 rings (SSSR count). The minimum absolute atomic E-state index is 0.0223. The number of sulfone groups is 1. The molecule has 9 heteroatoms. The Bertz CT molecular complexity index is 864. The molecule has 0 bridgehead atoms. The van der Waals surface area contributed by atoms with Gasteiger partial charge in [-0.05, 0) is 29.6 Å². The van der Waals surface area contributed by atoms with Gasteiger partial charge in [0.05, 0.1) is 21.3 Å². The Morgan fingerprint density at radius 2 is 1.96 bits per heavy atom.